The van der Waals surface area contributed by atoms with Gasteiger partial charge in [-0.2, -0.15) is 5.10 Å². The van der Waals surface area contributed by atoms with Crippen LogP contribution in [-0.4, -0.2) is 28.1 Å². The number of hydrogen-bond donors (Lipinski definition) is 2. The van der Waals surface area contributed by atoms with Gasteiger partial charge in [0.1, 0.15) is 0 Å². The standard InChI is InChI=1S/C22H18N4OS/c1-23-22(27)18-7-2-3-8-21(18)28-16-10-11-17-19(25-26-20(17)14-16)12-9-15-6-4-5-13-24-15/h2-14H,1H3,(H,23,27)(H,25,26)/b12-9-. The van der Waals surface area contributed by atoms with Crippen molar-refractivity contribution in [2.75, 3.05) is 7.05 Å². The summed E-state index contributed by atoms with van der Waals surface area (Å²) < 4.78 is 0. The topological polar surface area (TPSA) is 70.7 Å². The lowest BCUT2D eigenvalue weighted by Gasteiger charge is -2.08. The maximum absolute atomic E-state index is 12.1. The number of aromatic amines is 1. The van der Waals surface area contributed by atoms with Crippen molar-refractivity contribution in [2.24, 2.45) is 0 Å². The summed E-state index contributed by atoms with van der Waals surface area (Å²) in [5.74, 6) is -0.0901. The monoisotopic (exact) mass is 386 g/mol. The summed E-state index contributed by atoms with van der Waals surface area (Å²) in [5, 5.41) is 11.2. The van der Waals surface area contributed by atoms with E-state index in [0.29, 0.717) is 5.56 Å². The number of aromatic nitrogens is 3. The van der Waals surface area contributed by atoms with Gasteiger partial charge in [-0.25, -0.2) is 0 Å². The van der Waals surface area contributed by atoms with Crippen LogP contribution in [0.25, 0.3) is 23.1 Å². The van der Waals surface area contributed by atoms with Crippen LogP contribution in [0.4, 0.5) is 0 Å². The zero-order valence-corrected chi connectivity index (χ0v) is 16.0. The van der Waals surface area contributed by atoms with E-state index in [-0.39, 0.29) is 5.91 Å². The molecular formula is C22H18N4OS. The van der Waals surface area contributed by atoms with Crippen LogP contribution in [0.2, 0.25) is 0 Å². The van der Waals surface area contributed by atoms with Gasteiger partial charge in [-0.15, -0.1) is 0 Å². The van der Waals surface area contributed by atoms with Gasteiger partial charge < -0.3 is 5.32 Å². The van der Waals surface area contributed by atoms with E-state index < -0.39 is 0 Å². The fourth-order valence-electron chi connectivity index (χ4n) is 2.85. The zero-order valence-electron chi connectivity index (χ0n) is 15.2. The minimum Gasteiger partial charge on any atom is -0.355 e. The van der Waals surface area contributed by atoms with E-state index >= 15 is 0 Å². The third-order valence-electron chi connectivity index (χ3n) is 4.25. The number of pyridine rings is 1. The van der Waals surface area contributed by atoms with E-state index in [1.165, 1.54) is 0 Å². The van der Waals surface area contributed by atoms with Gasteiger partial charge in [0.15, 0.2) is 0 Å². The lowest BCUT2D eigenvalue weighted by Crippen LogP contribution is -2.18. The Balaban J connectivity index is 1.60. The van der Waals surface area contributed by atoms with Gasteiger partial charge in [0.25, 0.3) is 5.91 Å². The maximum Gasteiger partial charge on any atom is 0.252 e. The summed E-state index contributed by atoms with van der Waals surface area (Å²) >= 11 is 1.56. The van der Waals surface area contributed by atoms with Crippen molar-refractivity contribution < 1.29 is 4.79 Å². The molecule has 0 spiro atoms. The van der Waals surface area contributed by atoms with E-state index in [9.17, 15) is 4.79 Å². The van der Waals surface area contributed by atoms with Crippen molar-refractivity contribution in [3.63, 3.8) is 0 Å². The summed E-state index contributed by atoms with van der Waals surface area (Å²) in [6.45, 7) is 0. The first-order valence-corrected chi connectivity index (χ1v) is 9.62. The second-order valence-corrected chi connectivity index (χ2v) is 7.20. The molecule has 0 bridgehead atoms. The molecule has 0 unspecified atom stereocenters. The van der Waals surface area contributed by atoms with Crippen LogP contribution in [0.5, 0.6) is 0 Å². The molecule has 0 saturated carbocycles. The predicted octanol–water partition coefficient (Wildman–Crippen LogP) is 4.64. The van der Waals surface area contributed by atoms with Crippen LogP contribution in [0, 0.1) is 0 Å². The van der Waals surface area contributed by atoms with Crippen molar-refractivity contribution in [1.29, 1.82) is 0 Å². The van der Waals surface area contributed by atoms with Crippen LogP contribution in [-0.2, 0) is 0 Å². The molecule has 0 aliphatic heterocycles. The molecule has 0 aliphatic carbocycles. The number of nitrogens with one attached hydrogen (secondary N) is 2. The Hall–Kier alpha value is -3.38. The first kappa shape index (κ1) is 18.0. The van der Waals surface area contributed by atoms with Crippen molar-refractivity contribution in [3.05, 3.63) is 83.8 Å². The van der Waals surface area contributed by atoms with Gasteiger partial charge in [-0.3, -0.25) is 14.9 Å². The molecule has 4 aromatic rings. The Labute approximate surface area is 166 Å². The highest BCUT2D eigenvalue weighted by Crippen LogP contribution is 2.32. The first-order chi connectivity index (χ1) is 13.7. The van der Waals surface area contributed by atoms with Crippen molar-refractivity contribution in [2.45, 2.75) is 9.79 Å². The number of benzene rings is 2. The third kappa shape index (κ3) is 3.82. The fraction of sp³-hybridized carbons (Fsp3) is 0.0455. The summed E-state index contributed by atoms with van der Waals surface area (Å²) in [5.41, 5.74) is 3.36. The number of rotatable bonds is 5. The summed E-state index contributed by atoms with van der Waals surface area (Å²) in [6, 6.07) is 19.5. The van der Waals surface area contributed by atoms with Crippen molar-refractivity contribution in [1.82, 2.24) is 20.5 Å². The molecule has 2 aromatic heterocycles. The molecule has 0 fully saturated rings. The number of fused-ring (bicyclic) bond motifs is 1. The SMILES string of the molecule is CNC(=O)c1ccccc1Sc1ccc2c(/C=C\c3ccccn3)n[nH]c2c1. The molecule has 5 nitrogen and oxygen atoms in total. The van der Waals surface area contributed by atoms with Crippen molar-refractivity contribution >= 4 is 40.7 Å². The lowest BCUT2D eigenvalue weighted by atomic mass is 10.2. The largest absolute Gasteiger partial charge is 0.355 e. The molecule has 28 heavy (non-hydrogen) atoms. The number of amides is 1. The molecule has 138 valence electrons. The average molecular weight is 386 g/mol. The van der Waals surface area contributed by atoms with Crippen LogP contribution in [0.1, 0.15) is 21.7 Å². The molecular weight excluding hydrogens is 368 g/mol. The number of H-pyrrole nitrogens is 1. The Bertz CT molecular complexity index is 1150. The number of carbonyl (C=O) groups is 1. The molecule has 2 N–H and O–H groups in total. The number of carbonyl (C=O) groups excluding carboxylic acids is 1. The highest BCUT2D eigenvalue weighted by Gasteiger charge is 2.11. The van der Waals surface area contributed by atoms with Crippen LogP contribution in [0.3, 0.4) is 0 Å². The quantitative estimate of drug-likeness (QED) is 0.524. The van der Waals surface area contributed by atoms with Gasteiger partial charge in [-0.05, 0) is 54.6 Å². The fourth-order valence-corrected chi connectivity index (χ4v) is 3.84. The molecule has 6 heteroatoms. The van der Waals surface area contributed by atoms with Crippen LogP contribution < -0.4 is 5.32 Å². The van der Waals surface area contributed by atoms with E-state index in [1.54, 1.807) is 25.0 Å². The average Bonchev–Trinajstić information content (AvgIpc) is 3.15. The Kier molecular flexibility index (Phi) is 5.21. The van der Waals surface area contributed by atoms with Gasteiger partial charge >= 0.3 is 0 Å². The van der Waals surface area contributed by atoms with E-state index in [0.717, 1.165) is 32.1 Å². The van der Waals surface area contributed by atoms with Gasteiger partial charge in [0.05, 0.1) is 22.5 Å². The normalized spacial score (nSPS) is 11.2. The lowest BCUT2D eigenvalue weighted by molar-refractivity contribution is 0.0960. The summed E-state index contributed by atoms with van der Waals surface area (Å²) in [7, 11) is 1.64. The molecule has 4 rings (SSSR count). The predicted molar refractivity (Wildman–Crippen MR) is 113 cm³/mol. The molecule has 0 atom stereocenters. The second-order valence-electron chi connectivity index (χ2n) is 6.08. The van der Waals surface area contributed by atoms with Crippen molar-refractivity contribution in [3.8, 4) is 0 Å². The third-order valence-corrected chi connectivity index (χ3v) is 5.32. The van der Waals surface area contributed by atoms with Crippen LogP contribution >= 0.6 is 11.8 Å². The minimum absolute atomic E-state index is 0.0901. The van der Waals surface area contributed by atoms with Gasteiger partial charge in [-0.1, -0.05) is 30.0 Å². The number of hydrogen-bond acceptors (Lipinski definition) is 4. The summed E-state index contributed by atoms with van der Waals surface area (Å²) in [4.78, 5) is 18.3. The minimum atomic E-state index is -0.0901. The first-order valence-electron chi connectivity index (χ1n) is 8.81. The smallest absolute Gasteiger partial charge is 0.252 e. The number of nitrogens with zero attached hydrogens (tertiary/aromatic N) is 2. The Morgan fingerprint density at radius 2 is 1.93 bits per heavy atom. The molecule has 0 radical (unpaired) electrons. The maximum atomic E-state index is 12.1. The Morgan fingerprint density at radius 1 is 1.07 bits per heavy atom. The van der Waals surface area contributed by atoms with E-state index in [1.807, 2.05) is 72.8 Å². The van der Waals surface area contributed by atoms with Crippen LogP contribution in [0.15, 0.2) is 76.7 Å². The molecule has 2 aromatic carbocycles. The highest BCUT2D eigenvalue weighted by atomic mass is 32.2. The van der Waals surface area contributed by atoms with E-state index in [2.05, 4.69) is 20.5 Å². The van der Waals surface area contributed by atoms with Gasteiger partial charge in [0.2, 0.25) is 0 Å². The molecule has 0 saturated heterocycles. The van der Waals surface area contributed by atoms with Gasteiger partial charge in [0, 0.05) is 28.4 Å². The molecule has 1 amide bonds. The molecule has 2 heterocycles. The molecule has 0 aliphatic rings. The van der Waals surface area contributed by atoms with E-state index in [4.69, 9.17) is 0 Å². The second kappa shape index (κ2) is 8.10. The summed E-state index contributed by atoms with van der Waals surface area (Å²) in [6.07, 6.45) is 5.66. The zero-order chi connectivity index (χ0) is 19.3. The highest BCUT2D eigenvalue weighted by molar-refractivity contribution is 7.99. The Morgan fingerprint density at radius 3 is 2.75 bits per heavy atom.